The highest BCUT2D eigenvalue weighted by Gasteiger charge is 2.15. The summed E-state index contributed by atoms with van der Waals surface area (Å²) in [5.74, 6) is 1.86. The van der Waals surface area contributed by atoms with Crippen LogP contribution in [0.2, 0.25) is 0 Å². The molecular weight excluding hydrogens is 396 g/mol. The molecule has 160 valence electrons. The van der Waals surface area contributed by atoms with Crippen molar-refractivity contribution >= 4 is 22.7 Å². The monoisotopic (exact) mass is 426 g/mol. The van der Waals surface area contributed by atoms with Crippen LogP contribution >= 0.6 is 11.8 Å². The Morgan fingerprint density at radius 3 is 2.50 bits per heavy atom. The van der Waals surface area contributed by atoms with Crippen molar-refractivity contribution in [3.8, 4) is 5.75 Å². The first kappa shape index (κ1) is 22.4. The van der Waals surface area contributed by atoms with Crippen LogP contribution < -0.4 is 10.3 Å². The molecule has 2 aromatic carbocycles. The fraction of sp³-hybridized carbons (Fsp3) is 0.417. The summed E-state index contributed by atoms with van der Waals surface area (Å²) in [5.41, 5.74) is 1.77. The molecule has 3 aromatic rings. The van der Waals surface area contributed by atoms with Gasteiger partial charge in [0, 0.05) is 12.3 Å². The zero-order valence-corrected chi connectivity index (χ0v) is 18.9. The number of aromatic nitrogens is 2. The second-order valence-corrected chi connectivity index (χ2v) is 9.18. The van der Waals surface area contributed by atoms with Gasteiger partial charge in [-0.2, -0.15) is 0 Å². The highest BCUT2D eigenvalue weighted by molar-refractivity contribution is 7.99. The van der Waals surface area contributed by atoms with Gasteiger partial charge in [-0.15, -0.1) is 0 Å². The van der Waals surface area contributed by atoms with Gasteiger partial charge in [0.1, 0.15) is 12.4 Å². The minimum Gasteiger partial charge on any atom is -0.491 e. The molecule has 0 radical (unpaired) electrons. The number of fused-ring (bicyclic) bond motifs is 1. The number of ether oxygens (including phenoxy) is 1. The van der Waals surface area contributed by atoms with Crippen LogP contribution in [0, 0.1) is 5.92 Å². The first-order valence-corrected chi connectivity index (χ1v) is 11.4. The third-order valence-corrected chi connectivity index (χ3v) is 5.87. The molecule has 0 saturated carbocycles. The Bertz CT molecular complexity index is 1050. The average Bonchev–Trinajstić information content (AvgIpc) is 2.73. The van der Waals surface area contributed by atoms with E-state index in [0.717, 1.165) is 11.3 Å². The van der Waals surface area contributed by atoms with Crippen molar-refractivity contribution in [1.82, 2.24) is 9.55 Å². The van der Waals surface area contributed by atoms with Crippen molar-refractivity contribution in [2.75, 3.05) is 12.4 Å². The van der Waals surface area contributed by atoms with Crippen LogP contribution in [0.5, 0.6) is 5.75 Å². The lowest BCUT2D eigenvalue weighted by molar-refractivity contribution is 0.125. The van der Waals surface area contributed by atoms with Gasteiger partial charge in [0.2, 0.25) is 0 Å². The van der Waals surface area contributed by atoms with E-state index in [4.69, 9.17) is 9.72 Å². The van der Waals surface area contributed by atoms with Crippen LogP contribution in [0.25, 0.3) is 10.9 Å². The fourth-order valence-corrected chi connectivity index (χ4v) is 4.19. The third-order valence-electron chi connectivity index (χ3n) is 4.75. The predicted molar refractivity (Wildman–Crippen MR) is 124 cm³/mol. The SMILES string of the molecule is CC(C)Cn1c(SC[C@@H](O)COc2ccccc2C(C)C)nc2ccccc2c1=O. The largest absolute Gasteiger partial charge is 0.491 e. The number of benzene rings is 2. The Kier molecular flexibility index (Phi) is 7.56. The molecule has 1 atom stereocenters. The van der Waals surface area contributed by atoms with Gasteiger partial charge in [0.15, 0.2) is 5.16 Å². The molecule has 1 N–H and O–H groups in total. The van der Waals surface area contributed by atoms with Crippen LogP contribution in [-0.2, 0) is 6.54 Å². The Morgan fingerprint density at radius 2 is 1.77 bits per heavy atom. The highest BCUT2D eigenvalue weighted by atomic mass is 32.2. The zero-order valence-electron chi connectivity index (χ0n) is 18.0. The highest BCUT2D eigenvalue weighted by Crippen LogP contribution is 2.26. The lowest BCUT2D eigenvalue weighted by Crippen LogP contribution is -2.26. The van der Waals surface area contributed by atoms with Gasteiger partial charge in [-0.05, 0) is 35.6 Å². The van der Waals surface area contributed by atoms with Crippen LogP contribution in [0.4, 0.5) is 0 Å². The van der Waals surface area contributed by atoms with Crippen LogP contribution in [0.1, 0.15) is 39.2 Å². The maximum absolute atomic E-state index is 13.0. The molecule has 0 aliphatic heterocycles. The maximum Gasteiger partial charge on any atom is 0.262 e. The van der Waals surface area contributed by atoms with E-state index in [0.29, 0.717) is 40.2 Å². The smallest absolute Gasteiger partial charge is 0.262 e. The molecule has 0 aliphatic rings. The van der Waals surface area contributed by atoms with E-state index < -0.39 is 6.10 Å². The number of rotatable bonds is 9. The summed E-state index contributed by atoms with van der Waals surface area (Å²) in [6.07, 6.45) is -0.675. The van der Waals surface area contributed by atoms with Crippen LogP contribution in [-0.4, -0.2) is 33.1 Å². The zero-order chi connectivity index (χ0) is 21.7. The minimum atomic E-state index is -0.675. The third kappa shape index (κ3) is 5.43. The van der Waals surface area contributed by atoms with Gasteiger partial charge >= 0.3 is 0 Å². The maximum atomic E-state index is 13.0. The number of aliphatic hydroxyl groups excluding tert-OH is 1. The first-order chi connectivity index (χ1) is 14.4. The molecule has 1 heterocycles. The number of aliphatic hydroxyl groups is 1. The van der Waals surface area contributed by atoms with Crippen molar-refractivity contribution in [3.63, 3.8) is 0 Å². The predicted octanol–water partition coefficient (Wildman–Crippen LogP) is 4.71. The Hall–Kier alpha value is -2.31. The van der Waals surface area contributed by atoms with Gasteiger partial charge in [0.25, 0.3) is 5.56 Å². The second-order valence-electron chi connectivity index (χ2n) is 8.19. The van der Waals surface area contributed by atoms with Crippen molar-refractivity contribution in [3.05, 3.63) is 64.4 Å². The standard InChI is InChI=1S/C24H30N2O3S/c1-16(2)13-26-23(28)20-10-5-7-11-21(20)25-24(26)30-15-18(27)14-29-22-12-8-6-9-19(22)17(3)4/h5-12,16-18,27H,13-15H2,1-4H3/t18-/m0/s1. The van der Waals surface area contributed by atoms with Crippen molar-refractivity contribution in [2.45, 2.75) is 51.4 Å². The van der Waals surface area contributed by atoms with E-state index in [-0.39, 0.29) is 12.2 Å². The van der Waals surface area contributed by atoms with E-state index >= 15 is 0 Å². The molecule has 1 aromatic heterocycles. The lowest BCUT2D eigenvalue weighted by Gasteiger charge is -2.18. The number of para-hydroxylation sites is 2. The van der Waals surface area contributed by atoms with Crippen LogP contribution in [0.15, 0.2) is 58.5 Å². The number of hydrogen-bond donors (Lipinski definition) is 1. The molecule has 0 amide bonds. The molecule has 0 fully saturated rings. The summed E-state index contributed by atoms with van der Waals surface area (Å²) >= 11 is 1.39. The van der Waals surface area contributed by atoms with Gasteiger partial charge in [-0.1, -0.05) is 69.8 Å². The number of hydrogen-bond acceptors (Lipinski definition) is 5. The van der Waals surface area contributed by atoms with Gasteiger partial charge < -0.3 is 9.84 Å². The lowest BCUT2D eigenvalue weighted by atomic mass is 10.0. The molecular formula is C24H30N2O3S. The Balaban J connectivity index is 1.72. The summed E-state index contributed by atoms with van der Waals surface area (Å²) in [7, 11) is 0. The van der Waals surface area contributed by atoms with Gasteiger partial charge in [-0.3, -0.25) is 9.36 Å². The summed E-state index contributed by atoms with van der Waals surface area (Å²) in [6.45, 7) is 9.17. The van der Waals surface area contributed by atoms with E-state index in [9.17, 15) is 9.90 Å². The van der Waals surface area contributed by atoms with E-state index in [1.54, 1.807) is 4.57 Å². The first-order valence-electron chi connectivity index (χ1n) is 10.4. The minimum absolute atomic E-state index is 0.0339. The molecule has 0 saturated heterocycles. The number of nitrogens with zero attached hydrogens (tertiary/aromatic N) is 2. The quantitative estimate of drug-likeness (QED) is 0.397. The fourth-order valence-electron chi connectivity index (χ4n) is 3.28. The molecule has 0 aliphatic carbocycles. The molecule has 5 nitrogen and oxygen atoms in total. The van der Waals surface area contributed by atoms with E-state index in [1.165, 1.54) is 11.8 Å². The van der Waals surface area contributed by atoms with Crippen LogP contribution in [0.3, 0.4) is 0 Å². The summed E-state index contributed by atoms with van der Waals surface area (Å²) in [5, 5.41) is 11.8. The van der Waals surface area contributed by atoms with Crippen molar-refractivity contribution in [1.29, 1.82) is 0 Å². The topological polar surface area (TPSA) is 64.3 Å². The van der Waals surface area contributed by atoms with Gasteiger partial charge in [-0.25, -0.2) is 4.98 Å². The summed E-state index contributed by atoms with van der Waals surface area (Å²) in [4.78, 5) is 17.7. The summed E-state index contributed by atoms with van der Waals surface area (Å²) in [6, 6.07) is 15.3. The van der Waals surface area contributed by atoms with E-state index in [2.05, 4.69) is 27.7 Å². The Labute approximate surface area is 182 Å². The van der Waals surface area contributed by atoms with Gasteiger partial charge in [0.05, 0.1) is 17.0 Å². The molecule has 0 spiro atoms. The normalized spacial score (nSPS) is 12.6. The molecule has 0 unspecified atom stereocenters. The van der Waals surface area contributed by atoms with E-state index in [1.807, 2.05) is 48.5 Å². The number of thioether (sulfide) groups is 1. The second kappa shape index (κ2) is 10.1. The molecule has 30 heavy (non-hydrogen) atoms. The average molecular weight is 427 g/mol. The summed E-state index contributed by atoms with van der Waals surface area (Å²) < 4.78 is 7.61. The Morgan fingerprint density at radius 1 is 1.07 bits per heavy atom. The van der Waals surface area contributed by atoms with Crippen molar-refractivity contribution in [2.24, 2.45) is 5.92 Å². The molecule has 3 rings (SSSR count). The van der Waals surface area contributed by atoms with Crippen molar-refractivity contribution < 1.29 is 9.84 Å². The molecule has 6 heteroatoms. The molecule has 0 bridgehead atoms.